The SMILES string of the molecule is COc1ccc(S(=O)(=O)NCC(c2cccn2C)N2CCCCCC2)cc1OC. The molecule has 1 atom stereocenters. The van der Waals surface area contributed by atoms with Crippen LogP contribution in [0.15, 0.2) is 41.4 Å². The van der Waals surface area contributed by atoms with E-state index in [1.54, 1.807) is 6.07 Å². The van der Waals surface area contributed by atoms with Crippen molar-refractivity contribution < 1.29 is 17.9 Å². The van der Waals surface area contributed by atoms with Crippen LogP contribution in [0.2, 0.25) is 0 Å². The van der Waals surface area contributed by atoms with E-state index in [4.69, 9.17) is 9.47 Å². The van der Waals surface area contributed by atoms with E-state index in [9.17, 15) is 8.42 Å². The van der Waals surface area contributed by atoms with Gasteiger partial charge in [-0.25, -0.2) is 13.1 Å². The van der Waals surface area contributed by atoms with Crippen molar-refractivity contribution >= 4 is 10.0 Å². The van der Waals surface area contributed by atoms with E-state index in [-0.39, 0.29) is 10.9 Å². The molecule has 0 amide bonds. The first kappa shape index (κ1) is 21.7. The summed E-state index contributed by atoms with van der Waals surface area (Å²) in [7, 11) is 1.33. The third kappa shape index (κ3) is 5.12. The number of hydrogen-bond donors (Lipinski definition) is 1. The Morgan fingerprint density at radius 2 is 1.72 bits per heavy atom. The zero-order valence-electron chi connectivity index (χ0n) is 17.4. The summed E-state index contributed by atoms with van der Waals surface area (Å²) in [5.41, 5.74) is 1.11. The lowest BCUT2D eigenvalue weighted by Gasteiger charge is -2.31. The van der Waals surface area contributed by atoms with Crippen LogP contribution in [-0.2, 0) is 17.1 Å². The molecule has 2 heterocycles. The van der Waals surface area contributed by atoms with Crippen molar-refractivity contribution in [3.63, 3.8) is 0 Å². The third-order valence-corrected chi connectivity index (χ3v) is 6.96. The molecule has 29 heavy (non-hydrogen) atoms. The molecule has 1 saturated heterocycles. The molecule has 1 aliphatic rings. The number of likely N-dealkylation sites (tertiary alicyclic amines) is 1. The molecule has 3 rings (SSSR count). The van der Waals surface area contributed by atoms with E-state index < -0.39 is 10.0 Å². The van der Waals surface area contributed by atoms with Crippen LogP contribution in [0, 0.1) is 0 Å². The lowest BCUT2D eigenvalue weighted by atomic mass is 10.1. The summed E-state index contributed by atoms with van der Waals surface area (Å²) in [6, 6.07) is 8.70. The number of hydrogen-bond acceptors (Lipinski definition) is 5. The van der Waals surface area contributed by atoms with Gasteiger partial charge in [0.2, 0.25) is 10.0 Å². The molecule has 1 aliphatic heterocycles. The van der Waals surface area contributed by atoms with Gasteiger partial charge in [-0.15, -0.1) is 0 Å². The lowest BCUT2D eigenvalue weighted by Crippen LogP contribution is -2.39. The predicted octanol–water partition coefficient (Wildman–Crippen LogP) is 2.94. The molecule has 0 saturated carbocycles. The molecule has 160 valence electrons. The van der Waals surface area contributed by atoms with Crippen LogP contribution >= 0.6 is 0 Å². The van der Waals surface area contributed by atoms with Crippen molar-refractivity contribution in [3.8, 4) is 11.5 Å². The molecule has 1 fully saturated rings. The average molecular weight is 422 g/mol. The highest BCUT2D eigenvalue weighted by atomic mass is 32.2. The van der Waals surface area contributed by atoms with Crippen molar-refractivity contribution in [2.24, 2.45) is 7.05 Å². The number of aromatic nitrogens is 1. The number of rotatable bonds is 8. The molecular formula is C21H31N3O4S. The summed E-state index contributed by atoms with van der Waals surface area (Å²) in [6.45, 7) is 2.27. The molecule has 0 radical (unpaired) electrons. The van der Waals surface area contributed by atoms with Gasteiger partial charge in [-0.1, -0.05) is 12.8 Å². The van der Waals surface area contributed by atoms with Gasteiger partial charge in [0.25, 0.3) is 0 Å². The van der Waals surface area contributed by atoms with Crippen molar-refractivity contribution in [2.75, 3.05) is 33.9 Å². The Labute approximate surface area is 173 Å². The second-order valence-electron chi connectivity index (χ2n) is 7.38. The molecule has 0 aliphatic carbocycles. The Hall–Kier alpha value is -2.03. The van der Waals surface area contributed by atoms with Gasteiger partial charge in [-0.05, 0) is 50.2 Å². The summed E-state index contributed by atoms with van der Waals surface area (Å²) in [6.07, 6.45) is 6.75. The molecule has 2 aromatic rings. The minimum absolute atomic E-state index is 0.0111. The minimum Gasteiger partial charge on any atom is -0.493 e. The summed E-state index contributed by atoms with van der Waals surface area (Å²) in [5.74, 6) is 0.889. The van der Waals surface area contributed by atoms with Crippen LogP contribution < -0.4 is 14.2 Å². The van der Waals surface area contributed by atoms with Crippen molar-refractivity contribution in [2.45, 2.75) is 36.6 Å². The molecule has 1 aromatic heterocycles. The van der Waals surface area contributed by atoms with Gasteiger partial charge in [0.1, 0.15) is 0 Å². The van der Waals surface area contributed by atoms with E-state index in [1.165, 1.54) is 39.2 Å². The molecule has 1 aromatic carbocycles. The number of sulfonamides is 1. The molecule has 1 unspecified atom stereocenters. The summed E-state index contributed by atoms with van der Waals surface area (Å²) in [4.78, 5) is 2.57. The highest BCUT2D eigenvalue weighted by Crippen LogP contribution is 2.30. The normalized spacial score (nSPS) is 16.9. The quantitative estimate of drug-likeness (QED) is 0.710. The number of aryl methyl sites for hydroxylation is 1. The Morgan fingerprint density at radius 1 is 1.03 bits per heavy atom. The van der Waals surface area contributed by atoms with Gasteiger partial charge < -0.3 is 14.0 Å². The van der Waals surface area contributed by atoms with Crippen LogP contribution in [0.25, 0.3) is 0 Å². The third-order valence-electron chi connectivity index (χ3n) is 5.54. The first-order valence-corrected chi connectivity index (χ1v) is 11.5. The fourth-order valence-corrected chi connectivity index (χ4v) is 4.96. The molecule has 1 N–H and O–H groups in total. The van der Waals surface area contributed by atoms with Gasteiger partial charge in [-0.3, -0.25) is 4.90 Å². The molecule has 7 nitrogen and oxygen atoms in total. The lowest BCUT2D eigenvalue weighted by molar-refractivity contribution is 0.199. The number of nitrogens with one attached hydrogen (secondary N) is 1. The largest absolute Gasteiger partial charge is 0.493 e. The fraction of sp³-hybridized carbons (Fsp3) is 0.524. The fourth-order valence-electron chi connectivity index (χ4n) is 3.90. The van der Waals surface area contributed by atoms with Gasteiger partial charge in [0.05, 0.1) is 25.2 Å². The number of benzene rings is 1. The van der Waals surface area contributed by atoms with E-state index in [0.717, 1.165) is 31.6 Å². The zero-order valence-corrected chi connectivity index (χ0v) is 18.2. The van der Waals surface area contributed by atoms with Crippen LogP contribution in [0.3, 0.4) is 0 Å². The van der Waals surface area contributed by atoms with E-state index >= 15 is 0 Å². The van der Waals surface area contributed by atoms with E-state index in [0.29, 0.717) is 18.0 Å². The van der Waals surface area contributed by atoms with Gasteiger partial charge >= 0.3 is 0 Å². The van der Waals surface area contributed by atoms with Crippen molar-refractivity contribution in [3.05, 3.63) is 42.2 Å². The maximum absolute atomic E-state index is 13.0. The number of ether oxygens (including phenoxy) is 2. The van der Waals surface area contributed by atoms with E-state index in [2.05, 4.69) is 20.3 Å². The van der Waals surface area contributed by atoms with Crippen LogP contribution in [0.4, 0.5) is 0 Å². The standard InChI is InChI=1S/C21H31N3O4S/c1-23-12-8-9-18(23)19(24-13-6-4-5-7-14-24)16-22-29(25,26)17-10-11-20(27-2)21(15-17)28-3/h8-12,15,19,22H,4-7,13-14,16H2,1-3H3. The van der Waals surface area contributed by atoms with Gasteiger partial charge in [0, 0.05) is 31.5 Å². The Bertz CT molecular complexity index is 902. The molecule has 0 spiro atoms. The predicted molar refractivity (Wildman–Crippen MR) is 113 cm³/mol. The molecule has 0 bridgehead atoms. The highest BCUT2D eigenvalue weighted by Gasteiger charge is 2.26. The number of nitrogens with zero attached hydrogens (tertiary/aromatic N) is 2. The first-order chi connectivity index (χ1) is 14.0. The van der Waals surface area contributed by atoms with Crippen molar-refractivity contribution in [1.82, 2.24) is 14.2 Å². The van der Waals surface area contributed by atoms with Gasteiger partial charge in [0.15, 0.2) is 11.5 Å². The maximum atomic E-state index is 13.0. The second-order valence-corrected chi connectivity index (χ2v) is 9.15. The summed E-state index contributed by atoms with van der Waals surface area (Å²) in [5, 5.41) is 0. The second kappa shape index (κ2) is 9.65. The topological polar surface area (TPSA) is 72.8 Å². The number of methoxy groups -OCH3 is 2. The van der Waals surface area contributed by atoms with Crippen LogP contribution in [0.5, 0.6) is 11.5 Å². The monoisotopic (exact) mass is 421 g/mol. The smallest absolute Gasteiger partial charge is 0.240 e. The summed E-state index contributed by atoms with van der Waals surface area (Å²) < 4.78 is 41.3. The average Bonchev–Trinajstić information content (AvgIpc) is 2.97. The zero-order chi connectivity index (χ0) is 20.9. The highest BCUT2D eigenvalue weighted by molar-refractivity contribution is 7.89. The van der Waals surface area contributed by atoms with Crippen LogP contribution in [-0.4, -0.2) is 51.7 Å². The van der Waals surface area contributed by atoms with Crippen molar-refractivity contribution in [1.29, 1.82) is 0 Å². The van der Waals surface area contributed by atoms with Gasteiger partial charge in [-0.2, -0.15) is 0 Å². The first-order valence-electron chi connectivity index (χ1n) is 10.0. The molecule has 8 heteroatoms. The Kier molecular flexibility index (Phi) is 7.21. The minimum atomic E-state index is -3.69. The maximum Gasteiger partial charge on any atom is 0.240 e. The Morgan fingerprint density at radius 3 is 2.31 bits per heavy atom. The summed E-state index contributed by atoms with van der Waals surface area (Å²) >= 11 is 0. The van der Waals surface area contributed by atoms with Crippen LogP contribution in [0.1, 0.15) is 37.4 Å². The Balaban J connectivity index is 1.82. The molecular weight excluding hydrogens is 390 g/mol. The van der Waals surface area contributed by atoms with E-state index in [1.807, 2.05) is 19.3 Å².